The zero-order chi connectivity index (χ0) is 23.0. The van der Waals surface area contributed by atoms with Gasteiger partial charge in [0.05, 0.1) is 5.41 Å². The summed E-state index contributed by atoms with van der Waals surface area (Å²) in [5, 5.41) is 0. The standard InChI is InChI=1S/C34H26/c1-21-18-23(3)29(19-22(21)2)24-16-17-28-27-12-6-9-15-32(27)34(33(28)20-24)30-13-7-4-10-25(30)26-11-5-8-14-31(26)34/h4-20H,1-3H3. The molecule has 0 atom stereocenters. The number of hydrogen-bond acceptors (Lipinski definition) is 0. The van der Waals surface area contributed by atoms with Crippen molar-refractivity contribution < 1.29 is 0 Å². The maximum absolute atomic E-state index is 2.48. The molecule has 0 heteroatoms. The molecule has 0 aromatic heterocycles. The highest BCUT2D eigenvalue weighted by Crippen LogP contribution is 2.62. The first-order valence-corrected chi connectivity index (χ1v) is 12.1. The van der Waals surface area contributed by atoms with E-state index in [1.807, 2.05) is 0 Å². The molecular formula is C34H26. The lowest BCUT2D eigenvalue weighted by Gasteiger charge is -2.30. The molecule has 2 aliphatic rings. The van der Waals surface area contributed by atoms with Gasteiger partial charge in [0, 0.05) is 0 Å². The molecule has 0 N–H and O–H groups in total. The number of hydrogen-bond donors (Lipinski definition) is 0. The lowest BCUT2D eigenvalue weighted by Crippen LogP contribution is -2.25. The third-order valence-electron chi connectivity index (χ3n) is 8.15. The van der Waals surface area contributed by atoms with E-state index >= 15 is 0 Å². The molecule has 2 aliphatic carbocycles. The molecule has 7 rings (SSSR count). The normalized spacial score (nSPS) is 14.0. The van der Waals surface area contributed by atoms with Crippen LogP contribution in [0.3, 0.4) is 0 Å². The van der Waals surface area contributed by atoms with Crippen LogP contribution in [0.4, 0.5) is 0 Å². The van der Waals surface area contributed by atoms with Gasteiger partial charge in [0.2, 0.25) is 0 Å². The molecule has 0 nitrogen and oxygen atoms in total. The molecule has 1 spiro atoms. The van der Waals surface area contributed by atoms with Crippen molar-refractivity contribution in [3.05, 3.63) is 142 Å². The van der Waals surface area contributed by atoms with Crippen molar-refractivity contribution in [2.45, 2.75) is 26.2 Å². The Bertz CT molecular complexity index is 1570. The predicted molar refractivity (Wildman–Crippen MR) is 142 cm³/mol. The fourth-order valence-corrected chi connectivity index (χ4v) is 6.53. The van der Waals surface area contributed by atoms with Crippen LogP contribution in [-0.4, -0.2) is 0 Å². The summed E-state index contributed by atoms with van der Waals surface area (Å²) in [7, 11) is 0. The van der Waals surface area contributed by atoms with Gasteiger partial charge in [0.25, 0.3) is 0 Å². The van der Waals surface area contributed by atoms with Crippen molar-refractivity contribution in [2.75, 3.05) is 0 Å². The smallest absolute Gasteiger partial charge is 0.0619 e. The molecule has 0 heterocycles. The largest absolute Gasteiger partial charge is 0.0725 e. The van der Waals surface area contributed by atoms with Crippen LogP contribution in [-0.2, 0) is 5.41 Å². The highest BCUT2D eigenvalue weighted by molar-refractivity contribution is 5.95. The monoisotopic (exact) mass is 434 g/mol. The Hall–Kier alpha value is -3.90. The van der Waals surface area contributed by atoms with E-state index in [1.54, 1.807) is 0 Å². The minimum atomic E-state index is -0.275. The second-order valence-corrected chi connectivity index (χ2v) is 9.90. The average molecular weight is 435 g/mol. The van der Waals surface area contributed by atoms with Gasteiger partial charge in [-0.25, -0.2) is 0 Å². The van der Waals surface area contributed by atoms with E-state index in [2.05, 4.69) is 124 Å². The number of fused-ring (bicyclic) bond motifs is 10. The van der Waals surface area contributed by atoms with E-state index in [0.29, 0.717) is 0 Å². The molecular weight excluding hydrogens is 408 g/mol. The van der Waals surface area contributed by atoms with E-state index in [9.17, 15) is 0 Å². The molecule has 0 fully saturated rings. The summed E-state index contributed by atoms with van der Waals surface area (Å²) in [6.45, 7) is 6.65. The molecule has 162 valence electrons. The van der Waals surface area contributed by atoms with Gasteiger partial charge in [-0.15, -0.1) is 0 Å². The summed E-state index contributed by atoms with van der Waals surface area (Å²) in [6, 6.07) is 38.9. The topological polar surface area (TPSA) is 0 Å². The summed E-state index contributed by atoms with van der Waals surface area (Å²) < 4.78 is 0. The summed E-state index contributed by atoms with van der Waals surface area (Å²) in [5.41, 5.74) is 17.4. The van der Waals surface area contributed by atoms with Crippen LogP contribution < -0.4 is 0 Å². The van der Waals surface area contributed by atoms with Gasteiger partial charge in [-0.05, 0) is 99.2 Å². The van der Waals surface area contributed by atoms with Gasteiger partial charge in [-0.1, -0.05) is 97.1 Å². The molecule has 5 aromatic rings. The summed E-state index contributed by atoms with van der Waals surface area (Å²) in [5.74, 6) is 0. The van der Waals surface area contributed by atoms with Crippen molar-refractivity contribution >= 4 is 0 Å². The molecule has 34 heavy (non-hydrogen) atoms. The SMILES string of the molecule is Cc1cc(C)c(-c2ccc3c(c2)C2(c4ccccc4-c4ccccc42)c2ccccc2-3)cc1C. The van der Waals surface area contributed by atoms with Crippen LogP contribution in [0.1, 0.15) is 38.9 Å². The summed E-state index contributed by atoms with van der Waals surface area (Å²) in [6.07, 6.45) is 0. The molecule has 5 aromatic carbocycles. The maximum atomic E-state index is 2.48. The Labute approximate surface area is 201 Å². The Morgan fingerprint density at radius 3 is 1.41 bits per heavy atom. The fourth-order valence-electron chi connectivity index (χ4n) is 6.53. The quantitative estimate of drug-likeness (QED) is 0.243. The van der Waals surface area contributed by atoms with Gasteiger partial charge in [-0.3, -0.25) is 0 Å². The van der Waals surface area contributed by atoms with Gasteiger partial charge < -0.3 is 0 Å². The lowest BCUT2D eigenvalue weighted by molar-refractivity contribution is 0.794. The van der Waals surface area contributed by atoms with Crippen LogP contribution in [0, 0.1) is 20.8 Å². The second kappa shape index (κ2) is 6.81. The zero-order valence-corrected chi connectivity index (χ0v) is 19.8. The highest BCUT2D eigenvalue weighted by Gasteiger charge is 2.51. The van der Waals surface area contributed by atoms with E-state index in [4.69, 9.17) is 0 Å². The molecule has 0 amide bonds. The fraction of sp³-hybridized carbons (Fsp3) is 0.118. The number of rotatable bonds is 1. The van der Waals surface area contributed by atoms with E-state index in [1.165, 1.54) is 72.3 Å². The molecule has 0 aliphatic heterocycles. The van der Waals surface area contributed by atoms with E-state index in [0.717, 1.165) is 0 Å². The first-order valence-electron chi connectivity index (χ1n) is 12.1. The van der Waals surface area contributed by atoms with E-state index < -0.39 is 0 Å². The average Bonchev–Trinajstić information content (AvgIpc) is 3.33. The first-order chi connectivity index (χ1) is 16.6. The third kappa shape index (κ3) is 2.33. The van der Waals surface area contributed by atoms with Gasteiger partial charge >= 0.3 is 0 Å². The van der Waals surface area contributed by atoms with Crippen molar-refractivity contribution in [1.29, 1.82) is 0 Å². The molecule has 0 saturated carbocycles. The molecule has 0 bridgehead atoms. The van der Waals surface area contributed by atoms with Gasteiger partial charge in [0.15, 0.2) is 0 Å². The van der Waals surface area contributed by atoms with Crippen LogP contribution in [0.15, 0.2) is 103 Å². The van der Waals surface area contributed by atoms with Crippen LogP contribution >= 0.6 is 0 Å². The van der Waals surface area contributed by atoms with Crippen LogP contribution in [0.25, 0.3) is 33.4 Å². The Morgan fingerprint density at radius 1 is 0.382 bits per heavy atom. The van der Waals surface area contributed by atoms with Crippen molar-refractivity contribution in [3.63, 3.8) is 0 Å². The molecule has 0 radical (unpaired) electrons. The Kier molecular flexibility index (Phi) is 3.92. The minimum Gasteiger partial charge on any atom is -0.0619 e. The second-order valence-electron chi connectivity index (χ2n) is 9.90. The van der Waals surface area contributed by atoms with Gasteiger partial charge in [-0.2, -0.15) is 0 Å². The van der Waals surface area contributed by atoms with Gasteiger partial charge in [0.1, 0.15) is 0 Å². The molecule has 0 unspecified atom stereocenters. The van der Waals surface area contributed by atoms with Crippen molar-refractivity contribution in [3.8, 4) is 33.4 Å². The summed E-state index contributed by atoms with van der Waals surface area (Å²) >= 11 is 0. The lowest BCUT2D eigenvalue weighted by atomic mass is 9.70. The summed E-state index contributed by atoms with van der Waals surface area (Å²) in [4.78, 5) is 0. The Morgan fingerprint density at radius 2 is 0.853 bits per heavy atom. The van der Waals surface area contributed by atoms with Crippen molar-refractivity contribution in [1.82, 2.24) is 0 Å². The Balaban J connectivity index is 1.61. The van der Waals surface area contributed by atoms with E-state index in [-0.39, 0.29) is 5.41 Å². The first kappa shape index (κ1) is 19.6. The number of aryl methyl sites for hydroxylation is 3. The highest BCUT2D eigenvalue weighted by atomic mass is 14.5. The van der Waals surface area contributed by atoms with Crippen LogP contribution in [0.5, 0.6) is 0 Å². The maximum Gasteiger partial charge on any atom is 0.0725 e. The minimum absolute atomic E-state index is 0.275. The molecule has 0 saturated heterocycles. The van der Waals surface area contributed by atoms with Crippen LogP contribution in [0.2, 0.25) is 0 Å². The number of benzene rings is 5. The third-order valence-corrected chi connectivity index (χ3v) is 8.15. The zero-order valence-electron chi connectivity index (χ0n) is 19.8. The van der Waals surface area contributed by atoms with Crippen molar-refractivity contribution in [2.24, 2.45) is 0 Å². The predicted octanol–water partition coefficient (Wildman–Crippen LogP) is 8.62.